The quantitative estimate of drug-likeness (QED) is 0.762. The largest absolute Gasteiger partial charge is 0.377 e. The molecule has 2 aromatic carbocycles. The fourth-order valence-corrected chi connectivity index (χ4v) is 1.99. The molecule has 0 fully saturated rings. The van der Waals surface area contributed by atoms with Gasteiger partial charge in [0.2, 0.25) is 0 Å². The van der Waals surface area contributed by atoms with E-state index < -0.39 is 0 Å². The summed E-state index contributed by atoms with van der Waals surface area (Å²) < 4.78 is 0. The maximum absolute atomic E-state index is 11.3. The molecule has 0 atom stereocenters. The maximum atomic E-state index is 11.3. The molecule has 0 bridgehead atoms. The third kappa shape index (κ3) is 2.43. The van der Waals surface area contributed by atoms with Crippen molar-refractivity contribution in [2.75, 3.05) is 19.0 Å². The minimum atomic E-state index is 0.0995. The van der Waals surface area contributed by atoms with Crippen LogP contribution in [0.15, 0.2) is 48.5 Å². The molecule has 0 spiro atoms. The molecule has 2 heteroatoms. The van der Waals surface area contributed by atoms with Crippen LogP contribution in [0.4, 0.5) is 5.69 Å². The van der Waals surface area contributed by atoms with Crippen LogP contribution in [0.3, 0.4) is 0 Å². The fraction of sp³-hybridized carbons (Fsp3) is 0.188. The van der Waals surface area contributed by atoms with E-state index in [4.69, 9.17) is 0 Å². The van der Waals surface area contributed by atoms with Crippen molar-refractivity contribution < 1.29 is 4.79 Å². The van der Waals surface area contributed by atoms with Gasteiger partial charge in [0.25, 0.3) is 0 Å². The molecular formula is C16H17NO. The lowest BCUT2D eigenvalue weighted by molar-refractivity contribution is 0.101. The third-order valence-corrected chi connectivity index (χ3v) is 2.99. The van der Waals surface area contributed by atoms with Gasteiger partial charge in [-0.05, 0) is 18.6 Å². The Hall–Kier alpha value is -2.09. The number of para-hydroxylation sites is 1. The molecule has 0 amide bonds. The van der Waals surface area contributed by atoms with Gasteiger partial charge in [0, 0.05) is 30.9 Å². The molecule has 0 saturated carbocycles. The Labute approximate surface area is 108 Å². The molecule has 0 aliphatic carbocycles. The SMILES string of the molecule is CC(=O)c1ccc(-c2ccccc2N(C)C)cc1. The molecule has 2 aromatic rings. The van der Waals surface area contributed by atoms with E-state index in [-0.39, 0.29) is 5.78 Å². The van der Waals surface area contributed by atoms with Crippen LogP contribution in [0.5, 0.6) is 0 Å². The van der Waals surface area contributed by atoms with E-state index in [9.17, 15) is 4.79 Å². The predicted molar refractivity (Wildman–Crippen MR) is 76.2 cm³/mol. The zero-order valence-electron chi connectivity index (χ0n) is 11.0. The van der Waals surface area contributed by atoms with Crippen molar-refractivity contribution in [3.63, 3.8) is 0 Å². The lowest BCUT2D eigenvalue weighted by Crippen LogP contribution is -2.09. The second kappa shape index (κ2) is 5.05. The van der Waals surface area contributed by atoms with Crippen molar-refractivity contribution in [2.24, 2.45) is 0 Å². The first-order valence-electron chi connectivity index (χ1n) is 5.97. The van der Waals surface area contributed by atoms with Crippen LogP contribution < -0.4 is 4.90 Å². The van der Waals surface area contributed by atoms with Crippen LogP contribution in [-0.2, 0) is 0 Å². The predicted octanol–water partition coefficient (Wildman–Crippen LogP) is 3.62. The molecule has 2 nitrogen and oxygen atoms in total. The number of rotatable bonds is 3. The average molecular weight is 239 g/mol. The fourth-order valence-electron chi connectivity index (χ4n) is 1.99. The highest BCUT2D eigenvalue weighted by Gasteiger charge is 2.06. The number of ketones is 1. The van der Waals surface area contributed by atoms with Crippen molar-refractivity contribution in [3.8, 4) is 11.1 Å². The minimum absolute atomic E-state index is 0.0995. The second-order valence-corrected chi connectivity index (χ2v) is 4.55. The minimum Gasteiger partial charge on any atom is -0.377 e. The molecule has 18 heavy (non-hydrogen) atoms. The molecule has 0 radical (unpaired) electrons. The number of carbonyl (C=O) groups excluding carboxylic acids is 1. The van der Waals surface area contributed by atoms with Crippen molar-refractivity contribution in [2.45, 2.75) is 6.92 Å². The monoisotopic (exact) mass is 239 g/mol. The second-order valence-electron chi connectivity index (χ2n) is 4.55. The van der Waals surface area contributed by atoms with Crippen molar-refractivity contribution in [1.82, 2.24) is 0 Å². The van der Waals surface area contributed by atoms with Gasteiger partial charge in [0.15, 0.2) is 5.78 Å². The van der Waals surface area contributed by atoms with Crippen molar-refractivity contribution in [3.05, 3.63) is 54.1 Å². The summed E-state index contributed by atoms with van der Waals surface area (Å²) >= 11 is 0. The number of Topliss-reactive ketones (excluding diaryl/α,β-unsaturated/α-hetero) is 1. The number of benzene rings is 2. The van der Waals surface area contributed by atoms with E-state index in [0.29, 0.717) is 0 Å². The van der Waals surface area contributed by atoms with Crippen molar-refractivity contribution >= 4 is 11.5 Å². The number of nitrogens with zero attached hydrogens (tertiary/aromatic N) is 1. The van der Waals surface area contributed by atoms with Gasteiger partial charge < -0.3 is 4.90 Å². The van der Waals surface area contributed by atoms with Gasteiger partial charge in [-0.1, -0.05) is 42.5 Å². The number of carbonyl (C=O) groups is 1. The number of hydrogen-bond donors (Lipinski definition) is 0. The number of hydrogen-bond acceptors (Lipinski definition) is 2. The Morgan fingerprint density at radius 2 is 1.56 bits per heavy atom. The van der Waals surface area contributed by atoms with E-state index in [1.807, 2.05) is 50.5 Å². The normalized spacial score (nSPS) is 10.2. The summed E-state index contributed by atoms with van der Waals surface area (Å²) in [5.41, 5.74) is 4.23. The summed E-state index contributed by atoms with van der Waals surface area (Å²) in [6.45, 7) is 1.59. The Morgan fingerprint density at radius 3 is 2.11 bits per heavy atom. The molecular weight excluding hydrogens is 222 g/mol. The van der Waals surface area contributed by atoms with Gasteiger partial charge in [-0.2, -0.15) is 0 Å². The number of anilines is 1. The standard InChI is InChI=1S/C16H17NO/c1-12(18)13-8-10-14(11-9-13)15-6-4-5-7-16(15)17(2)3/h4-11H,1-3H3. The van der Waals surface area contributed by atoms with Crippen LogP contribution in [0.1, 0.15) is 17.3 Å². The van der Waals surface area contributed by atoms with Crippen LogP contribution in [-0.4, -0.2) is 19.9 Å². The molecule has 2 rings (SSSR count). The smallest absolute Gasteiger partial charge is 0.159 e. The topological polar surface area (TPSA) is 20.3 Å². The van der Waals surface area contributed by atoms with E-state index in [1.54, 1.807) is 6.92 Å². The first kappa shape index (κ1) is 12.4. The summed E-state index contributed by atoms with van der Waals surface area (Å²) in [5.74, 6) is 0.0995. The van der Waals surface area contributed by atoms with E-state index in [0.717, 1.165) is 11.1 Å². The lowest BCUT2D eigenvalue weighted by Gasteiger charge is -2.17. The van der Waals surface area contributed by atoms with Gasteiger partial charge in [-0.15, -0.1) is 0 Å². The highest BCUT2D eigenvalue weighted by atomic mass is 16.1. The highest BCUT2D eigenvalue weighted by molar-refractivity contribution is 5.94. The van der Waals surface area contributed by atoms with Crippen LogP contribution in [0.25, 0.3) is 11.1 Å². The summed E-state index contributed by atoms with van der Waals surface area (Å²) in [7, 11) is 4.06. The van der Waals surface area contributed by atoms with Gasteiger partial charge in [0.05, 0.1) is 0 Å². The van der Waals surface area contributed by atoms with Gasteiger partial charge in [0.1, 0.15) is 0 Å². The first-order chi connectivity index (χ1) is 8.59. The zero-order chi connectivity index (χ0) is 13.1. The molecule has 92 valence electrons. The Balaban J connectivity index is 2.46. The average Bonchev–Trinajstić information content (AvgIpc) is 2.39. The highest BCUT2D eigenvalue weighted by Crippen LogP contribution is 2.29. The lowest BCUT2D eigenvalue weighted by atomic mass is 10.0. The summed E-state index contributed by atoms with van der Waals surface area (Å²) in [5, 5.41) is 0. The molecule has 0 aromatic heterocycles. The Bertz CT molecular complexity index is 556. The van der Waals surface area contributed by atoms with E-state index in [2.05, 4.69) is 17.0 Å². The molecule has 0 N–H and O–H groups in total. The zero-order valence-corrected chi connectivity index (χ0v) is 11.0. The molecule has 0 aliphatic heterocycles. The summed E-state index contributed by atoms with van der Waals surface area (Å²) in [6.07, 6.45) is 0. The van der Waals surface area contributed by atoms with Gasteiger partial charge in [-0.25, -0.2) is 0 Å². The third-order valence-electron chi connectivity index (χ3n) is 2.99. The Kier molecular flexibility index (Phi) is 3.47. The van der Waals surface area contributed by atoms with Crippen LogP contribution in [0.2, 0.25) is 0 Å². The maximum Gasteiger partial charge on any atom is 0.159 e. The molecule has 0 unspecified atom stereocenters. The first-order valence-corrected chi connectivity index (χ1v) is 5.97. The van der Waals surface area contributed by atoms with Gasteiger partial charge in [-0.3, -0.25) is 4.79 Å². The van der Waals surface area contributed by atoms with E-state index in [1.165, 1.54) is 11.3 Å². The van der Waals surface area contributed by atoms with Crippen molar-refractivity contribution in [1.29, 1.82) is 0 Å². The summed E-state index contributed by atoms with van der Waals surface area (Å²) in [6, 6.07) is 16.0. The Morgan fingerprint density at radius 1 is 0.944 bits per heavy atom. The van der Waals surface area contributed by atoms with Gasteiger partial charge >= 0.3 is 0 Å². The molecule has 0 saturated heterocycles. The molecule has 0 heterocycles. The van der Waals surface area contributed by atoms with Crippen LogP contribution in [0, 0.1) is 0 Å². The summed E-state index contributed by atoms with van der Waals surface area (Å²) in [4.78, 5) is 13.4. The molecule has 0 aliphatic rings. The van der Waals surface area contributed by atoms with Crippen LogP contribution >= 0.6 is 0 Å². The van der Waals surface area contributed by atoms with E-state index >= 15 is 0 Å².